The summed E-state index contributed by atoms with van der Waals surface area (Å²) in [5, 5.41) is 4.83. The van der Waals surface area contributed by atoms with Crippen LogP contribution in [0.3, 0.4) is 0 Å². The maximum absolute atomic E-state index is 12.9. The van der Waals surface area contributed by atoms with Crippen molar-refractivity contribution >= 4 is 11.7 Å². The zero-order valence-corrected chi connectivity index (χ0v) is 17.0. The monoisotopic (exact) mass is 374 g/mol. The van der Waals surface area contributed by atoms with E-state index in [1.54, 1.807) is 4.68 Å². The molecule has 1 spiro atoms. The number of aromatic nitrogens is 2. The smallest absolute Gasteiger partial charge is 0.297 e. The Hall–Kier alpha value is -1.73. The molecule has 1 unspecified atom stereocenters. The second-order valence-electron chi connectivity index (χ2n) is 8.62. The standard InChI is InChI=1S/C20H30N4O3/c1-13(23(3)4)21-18(25)16-15-7-6-14-12-20(26-10-11-27-20)9-8-19(14,2)17(15)22-24(16)5/h14H,6-12H2,1-5H3/t14?,19-/m0/s1. The minimum atomic E-state index is -0.387. The summed E-state index contributed by atoms with van der Waals surface area (Å²) in [6.45, 7) is 5.54. The van der Waals surface area contributed by atoms with Gasteiger partial charge in [-0.3, -0.25) is 9.48 Å². The average molecular weight is 374 g/mol. The number of rotatable bonds is 1. The number of fused-ring (bicyclic) bond motifs is 3. The van der Waals surface area contributed by atoms with Crippen molar-refractivity contribution in [1.29, 1.82) is 0 Å². The van der Waals surface area contributed by atoms with Crippen LogP contribution in [0, 0.1) is 5.92 Å². The summed E-state index contributed by atoms with van der Waals surface area (Å²) in [5.41, 5.74) is 2.76. The van der Waals surface area contributed by atoms with Crippen LogP contribution in [-0.2, 0) is 28.4 Å². The van der Waals surface area contributed by atoms with Gasteiger partial charge in [-0.05, 0) is 32.1 Å². The molecule has 27 heavy (non-hydrogen) atoms. The van der Waals surface area contributed by atoms with Crippen LogP contribution < -0.4 is 0 Å². The van der Waals surface area contributed by atoms with E-state index < -0.39 is 0 Å². The predicted molar refractivity (Wildman–Crippen MR) is 102 cm³/mol. The van der Waals surface area contributed by atoms with E-state index in [-0.39, 0.29) is 17.1 Å². The fourth-order valence-electron chi connectivity index (χ4n) is 5.00. The second kappa shape index (κ2) is 6.41. The molecule has 1 saturated carbocycles. The molecule has 3 aliphatic rings. The van der Waals surface area contributed by atoms with Crippen LogP contribution in [-0.4, -0.2) is 59.5 Å². The zero-order valence-electron chi connectivity index (χ0n) is 17.0. The van der Waals surface area contributed by atoms with Gasteiger partial charge >= 0.3 is 0 Å². The molecule has 1 aromatic rings. The molecule has 0 N–H and O–H groups in total. The van der Waals surface area contributed by atoms with Crippen LogP contribution in [0.25, 0.3) is 0 Å². The van der Waals surface area contributed by atoms with E-state index in [1.165, 1.54) is 0 Å². The number of nitrogens with zero attached hydrogens (tertiary/aromatic N) is 4. The summed E-state index contributed by atoms with van der Waals surface area (Å²) in [4.78, 5) is 19.0. The number of ether oxygens (including phenoxy) is 2. The van der Waals surface area contributed by atoms with E-state index in [0.717, 1.165) is 43.4 Å². The zero-order chi connectivity index (χ0) is 19.4. The van der Waals surface area contributed by atoms with E-state index >= 15 is 0 Å². The summed E-state index contributed by atoms with van der Waals surface area (Å²) in [6, 6.07) is 0. The predicted octanol–water partition coefficient (Wildman–Crippen LogP) is 2.29. The second-order valence-corrected chi connectivity index (χ2v) is 8.62. The highest BCUT2D eigenvalue weighted by atomic mass is 16.7. The van der Waals surface area contributed by atoms with Crippen LogP contribution in [0.2, 0.25) is 0 Å². The number of amidine groups is 1. The first-order chi connectivity index (χ1) is 12.8. The molecular weight excluding hydrogens is 344 g/mol. The summed E-state index contributed by atoms with van der Waals surface area (Å²) in [7, 11) is 5.64. The molecule has 7 heteroatoms. The van der Waals surface area contributed by atoms with Gasteiger partial charge in [0, 0.05) is 45.0 Å². The fourth-order valence-corrected chi connectivity index (χ4v) is 5.00. The van der Waals surface area contributed by atoms with Gasteiger partial charge in [0.15, 0.2) is 5.79 Å². The Morgan fingerprint density at radius 1 is 1.30 bits per heavy atom. The number of hydrogen-bond acceptors (Lipinski definition) is 4. The minimum absolute atomic E-state index is 0.0370. The van der Waals surface area contributed by atoms with Gasteiger partial charge in [-0.2, -0.15) is 10.1 Å². The molecule has 4 rings (SSSR count). The average Bonchev–Trinajstić information content (AvgIpc) is 3.20. The Balaban J connectivity index is 1.68. The molecule has 0 radical (unpaired) electrons. The lowest BCUT2D eigenvalue weighted by atomic mass is 9.59. The van der Waals surface area contributed by atoms with Crippen LogP contribution in [0.4, 0.5) is 0 Å². The highest BCUT2D eigenvalue weighted by Crippen LogP contribution is 2.54. The molecule has 148 valence electrons. The van der Waals surface area contributed by atoms with Crippen molar-refractivity contribution in [1.82, 2.24) is 14.7 Å². The third-order valence-corrected chi connectivity index (χ3v) is 6.84. The molecule has 1 amide bonds. The van der Waals surface area contributed by atoms with Crippen molar-refractivity contribution in [2.75, 3.05) is 27.3 Å². The fraction of sp³-hybridized carbons (Fsp3) is 0.750. The summed E-state index contributed by atoms with van der Waals surface area (Å²) < 4.78 is 13.7. The van der Waals surface area contributed by atoms with Crippen molar-refractivity contribution < 1.29 is 14.3 Å². The molecule has 7 nitrogen and oxygen atoms in total. The van der Waals surface area contributed by atoms with E-state index in [0.29, 0.717) is 30.7 Å². The molecule has 2 atom stereocenters. The number of amides is 1. The Bertz CT molecular complexity index is 791. The minimum Gasteiger partial charge on any atom is -0.366 e. The number of aliphatic imine (C=N–C) groups is 1. The summed E-state index contributed by atoms with van der Waals surface area (Å²) in [6.07, 6.45) is 4.66. The van der Waals surface area contributed by atoms with E-state index in [9.17, 15) is 4.79 Å². The lowest BCUT2D eigenvalue weighted by Gasteiger charge is -2.49. The topological polar surface area (TPSA) is 69.0 Å². The maximum Gasteiger partial charge on any atom is 0.297 e. The van der Waals surface area contributed by atoms with Crippen LogP contribution in [0.1, 0.15) is 61.3 Å². The van der Waals surface area contributed by atoms with Crippen LogP contribution in [0.15, 0.2) is 4.99 Å². The molecule has 2 fully saturated rings. The van der Waals surface area contributed by atoms with E-state index in [2.05, 4.69) is 11.9 Å². The van der Waals surface area contributed by atoms with Crippen LogP contribution in [0.5, 0.6) is 0 Å². The van der Waals surface area contributed by atoms with E-state index in [1.807, 2.05) is 33.0 Å². The number of carbonyl (C=O) groups excluding carboxylic acids is 1. The Morgan fingerprint density at radius 2 is 2.00 bits per heavy atom. The summed E-state index contributed by atoms with van der Waals surface area (Å²) in [5.74, 6) is 0.573. The van der Waals surface area contributed by atoms with Crippen LogP contribution >= 0.6 is 0 Å². The molecule has 1 aromatic heterocycles. The summed E-state index contributed by atoms with van der Waals surface area (Å²) >= 11 is 0. The van der Waals surface area contributed by atoms with Crippen molar-refractivity contribution in [3.8, 4) is 0 Å². The molecule has 0 bridgehead atoms. The highest BCUT2D eigenvalue weighted by molar-refractivity contribution is 6.02. The number of aryl methyl sites for hydroxylation is 1. The first kappa shape index (κ1) is 18.6. The van der Waals surface area contributed by atoms with Crippen molar-refractivity contribution in [2.24, 2.45) is 18.0 Å². The van der Waals surface area contributed by atoms with Gasteiger partial charge in [0.05, 0.1) is 18.9 Å². The first-order valence-corrected chi connectivity index (χ1v) is 9.87. The molecule has 1 saturated heterocycles. The normalized spacial score (nSPS) is 29.5. The third-order valence-electron chi connectivity index (χ3n) is 6.84. The SMILES string of the molecule is CC(=NC(=O)c1c2c(nn1C)[C@@]1(C)CCC3(CC1CC2)OCCO3)N(C)C. The van der Waals surface area contributed by atoms with Crippen molar-refractivity contribution in [2.45, 2.75) is 57.2 Å². The molecule has 0 aromatic carbocycles. The van der Waals surface area contributed by atoms with Gasteiger partial charge in [-0.15, -0.1) is 0 Å². The van der Waals surface area contributed by atoms with Gasteiger partial charge in [-0.25, -0.2) is 0 Å². The number of carbonyl (C=O) groups is 1. The first-order valence-electron chi connectivity index (χ1n) is 9.87. The molecule has 2 aliphatic carbocycles. The molecule has 2 heterocycles. The Morgan fingerprint density at radius 3 is 2.67 bits per heavy atom. The van der Waals surface area contributed by atoms with E-state index in [4.69, 9.17) is 14.6 Å². The van der Waals surface area contributed by atoms with Crippen molar-refractivity contribution in [3.05, 3.63) is 17.0 Å². The maximum atomic E-state index is 12.9. The van der Waals surface area contributed by atoms with Gasteiger partial charge in [-0.1, -0.05) is 6.92 Å². The lowest BCUT2D eigenvalue weighted by Crippen LogP contribution is -2.49. The number of hydrogen-bond donors (Lipinski definition) is 0. The van der Waals surface area contributed by atoms with Gasteiger partial charge in [0.25, 0.3) is 5.91 Å². The van der Waals surface area contributed by atoms with Gasteiger partial charge in [0.2, 0.25) is 0 Å². The largest absolute Gasteiger partial charge is 0.366 e. The van der Waals surface area contributed by atoms with Crippen molar-refractivity contribution in [3.63, 3.8) is 0 Å². The lowest BCUT2D eigenvalue weighted by molar-refractivity contribution is -0.199. The van der Waals surface area contributed by atoms with Gasteiger partial charge < -0.3 is 14.4 Å². The Kier molecular flexibility index (Phi) is 4.42. The highest BCUT2D eigenvalue weighted by Gasteiger charge is 2.54. The molecule has 1 aliphatic heterocycles. The van der Waals surface area contributed by atoms with Gasteiger partial charge in [0.1, 0.15) is 11.5 Å². The quantitative estimate of drug-likeness (QED) is 0.557. The third kappa shape index (κ3) is 2.91. The molecular formula is C20H30N4O3. The Labute approximate surface area is 160 Å².